The number of rotatable bonds is 6. The minimum absolute atomic E-state index is 0.369. The number of sulfonamides is 1. The van der Waals surface area contributed by atoms with Crippen LogP contribution in [0.2, 0.25) is 0 Å². The largest absolute Gasteiger partial charge is 0.379 e. The molecular weight excluding hydrogens is 284 g/mol. The van der Waals surface area contributed by atoms with Gasteiger partial charge in [0.2, 0.25) is 0 Å². The van der Waals surface area contributed by atoms with E-state index in [-0.39, 0.29) is 0 Å². The minimum Gasteiger partial charge on any atom is -0.379 e. The molecule has 1 aliphatic rings. The predicted octanol–water partition coefficient (Wildman–Crippen LogP) is 1.31. The molecule has 0 amide bonds. The van der Waals surface area contributed by atoms with E-state index in [9.17, 15) is 8.42 Å². The average molecular weight is 304 g/mol. The lowest BCUT2D eigenvalue weighted by Crippen LogP contribution is -2.46. The monoisotopic (exact) mass is 304 g/mol. The molecule has 0 aliphatic carbocycles. The maximum atomic E-state index is 12.3. The first-order chi connectivity index (χ1) is 8.95. The molecule has 1 aromatic heterocycles. The quantitative estimate of drug-likeness (QED) is 0.832. The van der Waals surface area contributed by atoms with Crippen molar-refractivity contribution in [2.24, 2.45) is 0 Å². The summed E-state index contributed by atoms with van der Waals surface area (Å²) in [5.74, 6) is 0. The molecule has 0 spiro atoms. The van der Waals surface area contributed by atoms with Gasteiger partial charge in [-0.1, -0.05) is 6.92 Å². The zero-order valence-corrected chi connectivity index (χ0v) is 12.9. The van der Waals surface area contributed by atoms with Gasteiger partial charge in [-0.15, -0.1) is 11.3 Å². The Balaban J connectivity index is 2.08. The lowest BCUT2D eigenvalue weighted by atomic mass is 10.0. The van der Waals surface area contributed by atoms with Gasteiger partial charge in [0, 0.05) is 13.2 Å². The van der Waals surface area contributed by atoms with Gasteiger partial charge < -0.3 is 10.1 Å². The van der Waals surface area contributed by atoms with Crippen LogP contribution in [0.25, 0.3) is 0 Å². The Labute approximate surface area is 118 Å². The molecule has 19 heavy (non-hydrogen) atoms. The van der Waals surface area contributed by atoms with Gasteiger partial charge in [-0.05, 0) is 36.9 Å². The van der Waals surface area contributed by atoms with Crippen molar-refractivity contribution in [3.05, 3.63) is 17.0 Å². The van der Waals surface area contributed by atoms with Crippen molar-refractivity contribution in [1.29, 1.82) is 0 Å². The third kappa shape index (κ3) is 3.76. The second-order valence-corrected chi connectivity index (χ2v) is 7.84. The molecule has 1 atom stereocenters. The van der Waals surface area contributed by atoms with E-state index in [4.69, 9.17) is 4.74 Å². The predicted molar refractivity (Wildman–Crippen MR) is 75.9 cm³/mol. The Kier molecular flexibility index (Phi) is 4.62. The third-order valence-electron chi connectivity index (χ3n) is 3.07. The van der Waals surface area contributed by atoms with Gasteiger partial charge in [0.25, 0.3) is 10.0 Å². The summed E-state index contributed by atoms with van der Waals surface area (Å²) in [6.45, 7) is 6.50. The van der Waals surface area contributed by atoms with Crippen LogP contribution in [-0.4, -0.2) is 33.7 Å². The smallest absolute Gasteiger partial charge is 0.250 e. The summed E-state index contributed by atoms with van der Waals surface area (Å²) in [5, 5.41) is 5.06. The van der Waals surface area contributed by atoms with E-state index in [0.717, 1.165) is 12.1 Å². The van der Waals surface area contributed by atoms with E-state index in [1.165, 1.54) is 11.3 Å². The average Bonchev–Trinajstić information content (AvgIpc) is 2.95. The molecule has 108 valence electrons. The SMILES string of the molecule is CCNCc1csc(S(=O)(=O)NC2(C)CCOC2)c1. The number of ether oxygens (including phenoxy) is 1. The van der Waals surface area contributed by atoms with E-state index in [1.54, 1.807) is 6.07 Å². The van der Waals surface area contributed by atoms with E-state index in [1.807, 2.05) is 19.2 Å². The Morgan fingerprint density at radius 2 is 2.32 bits per heavy atom. The molecule has 2 heterocycles. The van der Waals surface area contributed by atoms with Crippen LogP contribution < -0.4 is 10.0 Å². The van der Waals surface area contributed by atoms with Crippen LogP contribution in [0.5, 0.6) is 0 Å². The summed E-state index contributed by atoms with van der Waals surface area (Å²) in [7, 11) is -3.45. The Morgan fingerprint density at radius 1 is 1.53 bits per heavy atom. The first-order valence-corrected chi connectivity index (χ1v) is 8.71. The fourth-order valence-corrected chi connectivity index (χ4v) is 4.61. The second-order valence-electron chi connectivity index (χ2n) is 5.02. The lowest BCUT2D eigenvalue weighted by molar-refractivity contribution is 0.178. The van der Waals surface area contributed by atoms with Crippen molar-refractivity contribution >= 4 is 21.4 Å². The molecule has 1 unspecified atom stereocenters. The highest BCUT2D eigenvalue weighted by atomic mass is 32.2. The molecule has 1 fully saturated rings. The molecule has 5 nitrogen and oxygen atoms in total. The number of hydrogen-bond acceptors (Lipinski definition) is 5. The van der Waals surface area contributed by atoms with Crippen molar-refractivity contribution in [1.82, 2.24) is 10.0 Å². The van der Waals surface area contributed by atoms with Crippen molar-refractivity contribution < 1.29 is 13.2 Å². The fraction of sp³-hybridized carbons (Fsp3) is 0.667. The van der Waals surface area contributed by atoms with Gasteiger partial charge in [-0.25, -0.2) is 13.1 Å². The van der Waals surface area contributed by atoms with Gasteiger partial charge >= 0.3 is 0 Å². The van der Waals surface area contributed by atoms with Crippen molar-refractivity contribution in [3.8, 4) is 0 Å². The minimum atomic E-state index is -3.45. The highest BCUT2D eigenvalue weighted by molar-refractivity contribution is 7.91. The van der Waals surface area contributed by atoms with Gasteiger partial charge in [0.15, 0.2) is 0 Å². The fourth-order valence-electron chi connectivity index (χ4n) is 1.98. The highest BCUT2D eigenvalue weighted by Crippen LogP contribution is 2.25. The summed E-state index contributed by atoms with van der Waals surface area (Å²) >= 11 is 1.26. The normalized spacial score (nSPS) is 23.9. The molecule has 0 saturated carbocycles. The molecule has 2 rings (SSSR count). The topological polar surface area (TPSA) is 67.4 Å². The lowest BCUT2D eigenvalue weighted by Gasteiger charge is -2.22. The highest BCUT2D eigenvalue weighted by Gasteiger charge is 2.35. The molecule has 0 bridgehead atoms. The van der Waals surface area contributed by atoms with Crippen LogP contribution >= 0.6 is 11.3 Å². The molecule has 1 aromatic rings. The van der Waals surface area contributed by atoms with Crippen LogP contribution in [-0.2, 0) is 21.3 Å². The zero-order valence-electron chi connectivity index (χ0n) is 11.2. The standard InChI is InChI=1S/C12H20N2O3S2/c1-3-13-7-10-6-11(18-8-10)19(15,16)14-12(2)4-5-17-9-12/h6,8,13-14H,3-5,7,9H2,1-2H3. The zero-order chi connectivity index (χ0) is 13.9. The Bertz CT molecular complexity index is 519. The van der Waals surface area contributed by atoms with Crippen molar-refractivity contribution in [2.45, 2.75) is 36.6 Å². The first kappa shape index (κ1) is 14.9. The second kappa shape index (κ2) is 5.88. The summed E-state index contributed by atoms with van der Waals surface area (Å²) in [6, 6.07) is 1.73. The number of thiophene rings is 1. The maximum Gasteiger partial charge on any atom is 0.250 e. The Morgan fingerprint density at radius 3 is 2.95 bits per heavy atom. The van der Waals surface area contributed by atoms with Crippen molar-refractivity contribution in [3.63, 3.8) is 0 Å². The number of hydrogen-bond donors (Lipinski definition) is 2. The molecule has 0 aromatic carbocycles. The summed E-state index contributed by atoms with van der Waals surface area (Å²) < 4.78 is 33.0. The van der Waals surface area contributed by atoms with Gasteiger partial charge in [-0.3, -0.25) is 0 Å². The molecule has 1 saturated heterocycles. The van der Waals surface area contributed by atoms with E-state index in [2.05, 4.69) is 10.0 Å². The molecule has 1 aliphatic heterocycles. The summed E-state index contributed by atoms with van der Waals surface area (Å²) in [6.07, 6.45) is 0.710. The van der Waals surface area contributed by atoms with Crippen LogP contribution in [0.15, 0.2) is 15.7 Å². The van der Waals surface area contributed by atoms with Gasteiger partial charge in [0.05, 0.1) is 12.1 Å². The maximum absolute atomic E-state index is 12.3. The van der Waals surface area contributed by atoms with Crippen LogP contribution in [0, 0.1) is 0 Å². The third-order valence-corrected chi connectivity index (χ3v) is 6.20. The van der Waals surface area contributed by atoms with E-state index in [0.29, 0.717) is 30.4 Å². The molecular formula is C12H20N2O3S2. The number of nitrogens with one attached hydrogen (secondary N) is 2. The van der Waals surface area contributed by atoms with Crippen molar-refractivity contribution in [2.75, 3.05) is 19.8 Å². The molecule has 7 heteroatoms. The molecule has 2 N–H and O–H groups in total. The molecule has 0 radical (unpaired) electrons. The van der Waals surface area contributed by atoms with Crippen LogP contribution in [0.3, 0.4) is 0 Å². The van der Waals surface area contributed by atoms with Gasteiger partial charge in [0.1, 0.15) is 4.21 Å². The van der Waals surface area contributed by atoms with Gasteiger partial charge in [-0.2, -0.15) is 0 Å². The van der Waals surface area contributed by atoms with E-state index >= 15 is 0 Å². The van der Waals surface area contributed by atoms with Crippen LogP contribution in [0.4, 0.5) is 0 Å². The van der Waals surface area contributed by atoms with Crippen LogP contribution in [0.1, 0.15) is 25.8 Å². The van der Waals surface area contributed by atoms with E-state index < -0.39 is 15.6 Å². The summed E-state index contributed by atoms with van der Waals surface area (Å²) in [5.41, 5.74) is 0.519. The Hall–Kier alpha value is -0.470. The summed E-state index contributed by atoms with van der Waals surface area (Å²) in [4.78, 5) is 0. The first-order valence-electron chi connectivity index (χ1n) is 6.35.